The fourth-order valence-electron chi connectivity index (χ4n) is 2.26. The number of primary amides is 1. The monoisotopic (exact) mass is 273 g/mol. The van der Waals surface area contributed by atoms with Gasteiger partial charge >= 0.3 is 0 Å². The molecule has 1 amide bonds. The van der Waals surface area contributed by atoms with Crippen molar-refractivity contribution in [1.29, 1.82) is 0 Å². The number of nitrogens with zero attached hydrogens (tertiary/aromatic N) is 1. The molecule has 0 spiro atoms. The van der Waals surface area contributed by atoms with Crippen LogP contribution < -0.4 is 20.5 Å². The van der Waals surface area contributed by atoms with Crippen LogP contribution in [0.1, 0.15) is 13.3 Å². The molecule has 0 aliphatic carbocycles. The Morgan fingerprint density at radius 1 is 1.45 bits per heavy atom. The molecule has 3 N–H and O–H groups in total. The molecule has 2 heterocycles. The lowest BCUT2D eigenvalue weighted by molar-refractivity contribution is -0.118. The van der Waals surface area contributed by atoms with Gasteiger partial charge in [0.25, 0.3) is 0 Å². The Morgan fingerprint density at radius 2 is 2.20 bits per heavy atom. The second-order valence-corrected chi connectivity index (χ2v) is 4.80. The van der Waals surface area contributed by atoms with Crippen LogP contribution in [-0.2, 0) is 4.79 Å². The molecule has 0 radical (unpaired) electrons. The molecule has 20 heavy (non-hydrogen) atoms. The van der Waals surface area contributed by atoms with Crippen LogP contribution in [0.25, 0.3) is 10.8 Å². The van der Waals surface area contributed by atoms with Gasteiger partial charge in [-0.3, -0.25) is 4.79 Å². The molecule has 1 unspecified atom stereocenters. The first-order chi connectivity index (χ1) is 9.63. The van der Waals surface area contributed by atoms with Crippen LogP contribution >= 0.6 is 0 Å². The predicted octanol–water partition coefficient (Wildman–Crippen LogP) is 1.64. The largest absolute Gasteiger partial charge is 0.454 e. The van der Waals surface area contributed by atoms with Gasteiger partial charge in [-0.1, -0.05) is 0 Å². The number of fused-ring (bicyclic) bond motifs is 2. The zero-order chi connectivity index (χ0) is 14.1. The summed E-state index contributed by atoms with van der Waals surface area (Å²) in [6, 6.07) is 5.63. The highest BCUT2D eigenvalue weighted by atomic mass is 16.7. The Kier molecular flexibility index (Phi) is 3.06. The number of anilines is 1. The Hall–Kier alpha value is -2.50. The first-order valence-corrected chi connectivity index (χ1v) is 6.36. The number of nitrogens with one attached hydrogen (secondary N) is 1. The number of pyridine rings is 1. The molecule has 0 bridgehead atoms. The molecule has 104 valence electrons. The van der Waals surface area contributed by atoms with Gasteiger partial charge in [0.15, 0.2) is 11.5 Å². The summed E-state index contributed by atoms with van der Waals surface area (Å²) in [5.41, 5.74) is 5.20. The van der Waals surface area contributed by atoms with Crippen LogP contribution in [0.5, 0.6) is 11.5 Å². The minimum Gasteiger partial charge on any atom is -0.454 e. The molecular formula is C14H15N3O3. The SMILES string of the molecule is CC(CC(N)=O)Nc1nccc2cc3c(cc12)OCO3. The van der Waals surface area contributed by atoms with Crippen LogP contribution in [0.2, 0.25) is 0 Å². The second kappa shape index (κ2) is 4.88. The van der Waals surface area contributed by atoms with Crippen molar-refractivity contribution in [3.63, 3.8) is 0 Å². The summed E-state index contributed by atoms with van der Waals surface area (Å²) in [5.74, 6) is 1.80. The van der Waals surface area contributed by atoms with Gasteiger partial charge in [0.2, 0.25) is 12.7 Å². The maximum absolute atomic E-state index is 10.9. The second-order valence-electron chi connectivity index (χ2n) is 4.80. The zero-order valence-corrected chi connectivity index (χ0v) is 11.1. The van der Waals surface area contributed by atoms with Gasteiger partial charge in [0.05, 0.1) is 0 Å². The summed E-state index contributed by atoms with van der Waals surface area (Å²) in [6.45, 7) is 2.12. The Morgan fingerprint density at radius 3 is 2.95 bits per heavy atom. The van der Waals surface area contributed by atoms with Gasteiger partial charge in [0.1, 0.15) is 5.82 Å². The van der Waals surface area contributed by atoms with Gasteiger partial charge in [-0.25, -0.2) is 4.98 Å². The van der Waals surface area contributed by atoms with Gasteiger partial charge in [0, 0.05) is 24.0 Å². The molecule has 1 atom stereocenters. The van der Waals surface area contributed by atoms with Crippen molar-refractivity contribution >= 4 is 22.5 Å². The highest BCUT2D eigenvalue weighted by Gasteiger charge is 2.16. The quantitative estimate of drug-likeness (QED) is 0.884. The Bertz CT molecular complexity index is 672. The van der Waals surface area contributed by atoms with E-state index in [0.717, 1.165) is 16.5 Å². The number of hydrogen-bond acceptors (Lipinski definition) is 5. The number of rotatable bonds is 4. The lowest BCUT2D eigenvalue weighted by Gasteiger charge is -2.14. The predicted molar refractivity (Wildman–Crippen MR) is 74.8 cm³/mol. The van der Waals surface area contributed by atoms with E-state index in [1.807, 2.05) is 25.1 Å². The van der Waals surface area contributed by atoms with Crippen molar-refractivity contribution in [3.05, 3.63) is 24.4 Å². The van der Waals surface area contributed by atoms with Crippen molar-refractivity contribution in [3.8, 4) is 11.5 Å². The van der Waals surface area contributed by atoms with Gasteiger partial charge in [-0.2, -0.15) is 0 Å². The molecule has 0 saturated carbocycles. The van der Waals surface area contributed by atoms with Gasteiger partial charge in [-0.15, -0.1) is 0 Å². The van der Waals surface area contributed by atoms with E-state index >= 15 is 0 Å². The van der Waals surface area contributed by atoms with Gasteiger partial charge in [-0.05, 0) is 30.5 Å². The Labute approximate surface area is 115 Å². The highest BCUT2D eigenvalue weighted by Crippen LogP contribution is 2.37. The first-order valence-electron chi connectivity index (χ1n) is 6.36. The van der Waals surface area contributed by atoms with E-state index in [2.05, 4.69) is 10.3 Å². The van der Waals surface area contributed by atoms with Crippen LogP contribution in [0.15, 0.2) is 24.4 Å². The number of benzene rings is 1. The molecule has 3 rings (SSSR count). The summed E-state index contributed by atoms with van der Waals surface area (Å²) in [6.07, 6.45) is 1.96. The van der Waals surface area contributed by atoms with E-state index in [0.29, 0.717) is 11.6 Å². The maximum atomic E-state index is 10.9. The number of hydrogen-bond donors (Lipinski definition) is 2. The van der Waals surface area contributed by atoms with Crippen molar-refractivity contribution in [2.75, 3.05) is 12.1 Å². The number of carbonyl (C=O) groups excluding carboxylic acids is 1. The minimum absolute atomic E-state index is 0.0870. The molecule has 0 fully saturated rings. The summed E-state index contributed by atoms with van der Waals surface area (Å²) < 4.78 is 10.7. The number of amides is 1. The van der Waals surface area contributed by atoms with Crippen LogP contribution in [-0.4, -0.2) is 23.7 Å². The molecule has 2 aromatic rings. The highest BCUT2D eigenvalue weighted by molar-refractivity contribution is 5.94. The average Bonchev–Trinajstić information content (AvgIpc) is 2.82. The molecule has 1 aliphatic rings. The lowest BCUT2D eigenvalue weighted by Crippen LogP contribution is -2.24. The molecule has 1 aromatic heterocycles. The van der Waals surface area contributed by atoms with Crippen molar-refractivity contribution < 1.29 is 14.3 Å². The van der Waals surface area contributed by atoms with E-state index in [9.17, 15) is 4.79 Å². The van der Waals surface area contributed by atoms with Crippen LogP contribution in [0.4, 0.5) is 5.82 Å². The molecular weight excluding hydrogens is 258 g/mol. The zero-order valence-electron chi connectivity index (χ0n) is 11.1. The van der Waals surface area contributed by atoms with E-state index in [1.54, 1.807) is 6.20 Å². The third-order valence-electron chi connectivity index (χ3n) is 3.15. The number of aromatic nitrogens is 1. The van der Waals surface area contributed by atoms with Crippen LogP contribution in [0.3, 0.4) is 0 Å². The molecule has 1 aromatic carbocycles. The summed E-state index contributed by atoms with van der Waals surface area (Å²) in [4.78, 5) is 15.3. The first kappa shape index (κ1) is 12.5. The fourth-order valence-corrected chi connectivity index (χ4v) is 2.26. The average molecular weight is 273 g/mol. The number of carbonyl (C=O) groups is 1. The fraction of sp³-hybridized carbons (Fsp3) is 0.286. The molecule has 1 aliphatic heterocycles. The standard InChI is InChI=1S/C14H15N3O3/c1-8(4-13(15)18)17-14-10-6-12-11(19-7-20-12)5-9(10)2-3-16-14/h2-3,5-6,8H,4,7H2,1H3,(H2,15,18)(H,16,17). The van der Waals surface area contributed by atoms with Crippen molar-refractivity contribution in [1.82, 2.24) is 4.98 Å². The lowest BCUT2D eigenvalue weighted by atomic mass is 10.1. The van der Waals surface area contributed by atoms with E-state index in [1.165, 1.54) is 0 Å². The Balaban J connectivity index is 1.96. The molecule has 0 saturated heterocycles. The third kappa shape index (κ3) is 2.32. The summed E-state index contributed by atoms with van der Waals surface area (Å²) in [5, 5.41) is 5.12. The van der Waals surface area contributed by atoms with E-state index in [4.69, 9.17) is 15.2 Å². The topological polar surface area (TPSA) is 86.5 Å². The van der Waals surface area contributed by atoms with Crippen LogP contribution in [0, 0.1) is 0 Å². The summed E-state index contributed by atoms with van der Waals surface area (Å²) >= 11 is 0. The third-order valence-corrected chi connectivity index (χ3v) is 3.15. The van der Waals surface area contributed by atoms with Gasteiger partial charge < -0.3 is 20.5 Å². The minimum atomic E-state index is -0.345. The smallest absolute Gasteiger partial charge is 0.231 e. The van der Waals surface area contributed by atoms with E-state index in [-0.39, 0.29) is 25.2 Å². The molecule has 6 heteroatoms. The van der Waals surface area contributed by atoms with Crippen molar-refractivity contribution in [2.24, 2.45) is 5.73 Å². The maximum Gasteiger partial charge on any atom is 0.231 e. The molecule has 6 nitrogen and oxygen atoms in total. The number of ether oxygens (including phenoxy) is 2. The summed E-state index contributed by atoms with van der Waals surface area (Å²) in [7, 11) is 0. The normalized spacial score (nSPS) is 14.2. The van der Waals surface area contributed by atoms with E-state index < -0.39 is 0 Å². The number of nitrogens with two attached hydrogens (primary N) is 1. The van der Waals surface area contributed by atoms with Crippen molar-refractivity contribution in [2.45, 2.75) is 19.4 Å².